The van der Waals surface area contributed by atoms with Gasteiger partial charge in [-0.1, -0.05) is 214 Å². The van der Waals surface area contributed by atoms with Gasteiger partial charge in [0.25, 0.3) is 0 Å². The van der Waals surface area contributed by atoms with E-state index in [4.69, 9.17) is 0 Å². The highest BCUT2D eigenvalue weighted by Crippen LogP contribution is 2.51. The second kappa shape index (κ2) is 15.6. The maximum absolute atomic E-state index is 2.44. The first-order valence-electron chi connectivity index (χ1n) is 24.5. The van der Waals surface area contributed by atoms with Gasteiger partial charge in [-0.05, 0) is 158 Å². The van der Waals surface area contributed by atoms with E-state index in [0.29, 0.717) is 0 Å². The Hall–Kier alpha value is -8.78. The van der Waals surface area contributed by atoms with Crippen molar-refractivity contribution in [1.29, 1.82) is 0 Å². The van der Waals surface area contributed by atoms with Crippen molar-refractivity contribution in [3.05, 3.63) is 260 Å². The van der Waals surface area contributed by atoms with Gasteiger partial charge in [0.05, 0.1) is 5.52 Å². The lowest BCUT2D eigenvalue weighted by atomic mass is 9.81. The van der Waals surface area contributed by atoms with E-state index in [2.05, 4.69) is 267 Å². The summed E-state index contributed by atoms with van der Waals surface area (Å²) in [6.07, 6.45) is 2.37. The SMILES string of the molecule is CC1(C)c2cc(-c3ccccc3)ccc2-c2ccc(-n3cc(-c4ccc(-c5cc6ccccc6c6ccccc56)cc4)c4cc(-c5ccc(-c6cc7ccccc7c7ccccc67)cc5)ccc43)cc21. The van der Waals surface area contributed by atoms with E-state index in [9.17, 15) is 0 Å². The number of benzene rings is 12. The molecule has 0 saturated heterocycles. The summed E-state index contributed by atoms with van der Waals surface area (Å²) in [5.41, 5.74) is 19.8. The van der Waals surface area contributed by atoms with E-state index in [1.54, 1.807) is 0 Å². The lowest BCUT2D eigenvalue weighted by Crippen LogP contribution is -2.15. The summed E-state index contributed by atoms with van der Waals surface area (Å²) in [7, 11) is 0. The highest BCUT2D eigenvalue weighted by molar-refractivity contribution is 6.15. The molecule has 0 saturated carbocycles. The Morgan fingerprint density at radius 2 is 0.700 bits per heavy atom. The van der Waals surface area contributed by atoms with Crippen LogP contribution in [0.15, 0.2) is 249 Å². The van der Waals surface area contributed by atoms with Gasteiger partial charge >= 0.3 is 0 Å². The Kier molecular flexibility index (Phi) is 9.00. The van der Waals surface area contributed by atoms with Crippen LogP contribution in [0.4, 0.5) is 0 Å². The number of fused-ring (bicyclic) bond motifs is 10. The highest BCUT2D eigenvalue weighted by atomic mass is 15.0. The van der Waals surface area contributed by atoms with Gasteiger partial charge < -0.3 is 4.57 Å². The predicted octanol–water partition coefficient (Wildman–Crippen LogP) is 18.9. The quantitative estimate of drug-likeness (QED) is 0.147. The molecule has 1 heterocycles. The third kappa shape index (κ3) is 6.32. The molecule has 12 aromatic carbocycles. The van der Waals surface area contributed by atoms with E-state index < -0.39 is 0 Å². The number of hydrogen-bond donors (Lipinski definition) is 0. The monoisotopic (exact) mass is 889 g/mol. The van der Waals surface area contributed by atoms with Crippen LogP contribution in [0.1, 0.15) is 25.0 Å². The minimum Gasteiger partial charge on any atom is -0.316 e. The van der Waals surface area contributed by atoms with Crippen molar-refractivity contribution < 1.29 is 0 Å². The second-order valence-corrected chi connectivity index (χ2v) is 19.7. The Morgan fingerprint density at radius 3 is 1.30 bits per heavy atom. The zero-order chi connectivity index (χ0) is 46.5. The molecule has 0 N–H and O–H groups in total. The van der Waals surface area contributed by atoms with Crippen LogP contribution < -0.4 is 0 Å². The summed E-state index contributed by atoms with van der Waals surface area (Å²) < 4.78 is 2.42. The molecule has 1 heteroatoms. The molecule has 0 amide bonds. The summed E-state index contributed by atoms with van der Waals surface area (Å²) in [6.45, 7) is 4.77. The molecule has 0 radical (unpaired) electrons. The summed E-state index contributed by atoms with van der Waals surface area (Å²) in [4.78, 5) is 0. The second-order valence-electron chi connectivity index (χ2n) is 19.7. The fourth-order valence-corrected chi connectivity index (χ4v) is 11.8. The van der Waals surface area contributed by atoms with E-state index >= 15 is 0 Å². The minimum atomic E-state index is -0.168. The Bertz CT molecular complexity index is 4230. The van der Waals surface area contributed by atoms with Crippen molar-refractivity contribution in [3.63, 3.8) is 0 Å². The standard InChI is InChI=1S/C69H47N/c1-69(2)66-41-50(44-14-4-3-5-15-44)32-35-60(66)61-36-34-53(42-67(61)69)70-43-65(48-30-28-47(29-31-48)63-40-52-17-7-9-19-55(52)57-21-11-13-23-59(57)63)64-38-49(33-37-68(64)70)45-24-26-46(27-25-45)62-39-51-16-6-8-18-54(51)56-20-10-12-22-58(56)62/h3-43H,1-2H3. The Labute approximate surface area is 408 Å². The largest absolute Gasteiger partial charge is 0.316 e. The molecular formula is C69H47N. The number of nitrogens with zero attached hydrogens (tertiary/aromatic N) is 1. The molecular weight excluding hydrogens is 843 g/mol. The lowest BCUT2D eigenvalue weighted by Gasteiger charge is -2.23. The van der Waals surface area contributed by atoms with E-state index in [1.807, 2.05) is 0 Å². The smallest absolute Gasteiger partial charge is 0.0535 e. The van der Waals surface area contributed by atoms with Gasteiger partial charge in [-0.3, -0.25) is 0 Å². The maximum atomic E-state index is 2.44. The molecule has 1 aliphatic carbocycles. The van der Waals surface area contributed by atoms with Crippen LogP contribution in [0.3, 0.4) is 0 Å². The van der Waals surface area contributed by atoms with Crippen LogP contribution >= 0.6 is 0 Å². The fraction of sp³-hybridized carbons (Fsp3) is 0.0435. The van der Waals surface area contributed by atoms with Crippen LogP contribution in [0.5, 0.6) is 0 Å². The van der Waals surface area contributed by atoms with Crippen molar-refractivity contribution in [1.82, 2.24) is 4.57 Å². The zero-order valence-electron chi connectivity index (χ0n) is 39.1. The molecule has 0 atom stereocenters. The Balaban J connectivity index is 0.892. The van der Waals surface area contributed by atoms with Crippen LogP contribution in [-0.4, -0.2) is 4.57 Å². The van der Waals surface area contributed by atoms with Gasteiger partial charge in [-0.15, -0.1) is 0 Å². The minimum absolute atomic E-state index is 0.168. The molecule has 0 aliphatic heterocycles. The molecule has 1 aliphatic rings. The average molecular weight is 890 g/mol. The van der Waals surface area contributed by atoms with E-state index in [0.717, 1.165) is 5.69 Å². The fourth-order valence-electron chi connectivity index (χ4n) is 11.8. The maximum Gasteiger partial charge on any atom is 0.0535 e. The summed E-state index contributed by atoms with van der Waals surface area (Å²) in [5.74, 6) is 0. The molecule has 1 nitrogen and oxygen atoms in total. The van der Waals surface area contributed by atoms with Gasteiger partial charge in [0, 0.05) is 28.2 Å². The Morgan fingerprint density at radius 1 is 0.271 bits per heavy atom. The predicted molar refractivity (Wildman–Crippen MR) is 298 cm³/mol. The number of hydrogen-bond acceptors (Lipinski definition) is 0. The van der Waals surface area contributed by atoms with Gasteiger partial charge in [-0.2, -0.15) is 0 Å². The molecule has 1 aromatic heterocycles. The highest BCUT2D eigenvalue weighted by Gasteiger charge is 2.36. The summed E-state index contributed by atoms with van der Waals surface area (Å²) >= 11 is 0. The van der Waals surface area contributed by atoms with Crippen molar-refractivity contribution in [3.8, 4) is 72.4 Å². The first kappa shape index (κ1) is 40.3. The zero-order valence-corrected chi connectivity index (χ0v) is 39.1. The first-order chi connectivity index (χ1) is 34.4. The van der Waals surface area contributed by atoms with Gasteiger partial charge in [0.1, 0.15) is 0 Å². The summed E-state index contributed by atoms with van der Waals surface area (Å²) in [5, 5.41) is 11.4. The van der Waals surface area contributed by atoms with Crippen molar-refractivity contribution >= 4 is 54.0 Å². The van der Waals surface area contributed by atoms with Crippen LogP contribution in [-0.2, 0) is 5.41 Å². The molecule has 0 unspecified atom stereocenters. The molecule has 13 aromatic rings. The molecule has 0 spiro atoms. The first-order valence-corrected chi connectivity index (χ1v) is 24.5. The summed E-state index contributed by atoms with van der Waals surface area (Å²) in [6, 6.07) is 90.1. The molecule has 70 heavy (non-hydrogen) atoms. The van der Waals surface area contributed by atoms with E-state index in [-0.39, 0.29) is 5.41 Å². The van der Waals surface area contributed by atoms with Crippen molar-refractivity contribution in [2.24, 2.45) is 0 Å². The molecule has 0 bridgehead atoms. The van der Waals surface area contributed by atoms with Crippen molar-refractivity contribution in [2.75, 3.05) is 0 Å². The van der Waals surface area contributed by atoms with Crippen LogP contribution in [0, 0.1) is 0 Å². The van der Waals surface area contributed by atoms with Crippen LogP contribution in [0.25, 0.3) is 126 Å². The normalized spacial score (nSPS) is 12.8. The number of rotatable bonds is 6. The van der Waals surface area contributed by atoms with Crippen LogP contribution in [0.2, 0.25) is 0 Å². The number of aromatic nitrogens is 1. The third-order valence-electron chi connectivity index (χ3n) is 15.4. The average Bonchev–Trinajstić information content (AvgIpc) is 3.91. The van der Waals surface area contributed by atoms with E-state index in [1.165, 1.54) is 132 Å². The van der Waals surface area contributed by atoms with Gasteiger partial charge in [0.15, 0.2) is 0 Å². The van der Waals surface area contributed by atoms with Gasteiger partial charge in [-0.25, -0.2) is 0 Å². The molecule has 328 valence electrons. The third-order valence-corrected chi connectivity index (χ3v) is 15.4. The topological polar surface area (TPSA) is 4.93 Å². The van der Waals surface area contributed by atoms with Gasteiger partial charge in [0.2, 0.25) is 0 Å². The molecule has 14 rings (SSSR count). The lowest BCUT2D eigenvalue weighted by molar-refractivity contribution is 0.660. The van der Waals surface area contributed by atoms with Crippen molar-refractivity contribution in [2.45, 2.75) is 19.3 Å². The molecule has 0 fully saturated rings.